The fourth-order valence-electron chi connectivity index (χ4n) is 1.24. The van der Waals surface area contributed by atoms with Crippen molar-refractivity contribution in [3.8, 4) is 18.1 Å². The summed E-state index contributed by atoms with van der Waals surface area (Å²) in [4.78, 5) is 10.8. The van der Waals surface area contributed by atoms with Gasteiger partial charge in [0, 0.05) is 5.56 Å². The van der Waals surface area contributed by atoms with Crippen molar-refractivity contribution in [2.24, 2.45) is 0 Å². The van der Waals surface area contributed by atoms with Crippen LogP contribution in [0.4, 0.5) is 0 Å². The molecule has 4 heteroatoms. The van der Waals surface area contributed by atoms with Crippen LogP contribution in [0.25, 0.3) is 0 Å². The second kappa shape index (κ2) is 5.79. The molecule has 0 atom stereocenters. The van der Waals surface area contributed by atoms with E-state index < -0.39 is 5.97 Å². The van der Waals surface area contributed by atoms with E-state index in [1.807, 2.05) is 0 Å². The van der Waals surface area contributed by atoms with Gasteiger partial charge in [-0.25, -0.2) is 4.79 Å². The van der Waals surface area contributed by atoms with Crippen LogP contribution in [-0.2, 0) is 11.3 Å². The number of carboxylic acid groups (broad SMARTS) is 1. The molecule has 0 aliphatic heterocycles. The zero-order chi connectivity index (χ0) is 12.0. The highest BCUT2D eigenvalue weighted by Gasteiger charge is 2.08. The standard InChI is InChI=1S/C12H12O4/c1-3-6-16-8-10-7-9(12(13)14)4-5-11(10)15-2/h1,4-5,7H,6,8H2,2H3,(H,13,14). The summed E-state index contributed by atoms with van der Waals surface area (Å²) in [7, 11) is 1.51. The number of benzene rings is 1. The van der Waals surface area contributed by atoms with Gasteiger partial charge in [0.15, 0.2) is 0 Å². The molecule has 1 aromatic rings. The summed E-state index contributed by atoms with van der Waals surface area (Å²) in [6.45, 7) is 0.412. The Morgan fingerprint density at radius 1 is 1.56 bits per heavy atom. The summed E-state index contributed by atoms with van der Waals surface area (Å²) in [6.07, 6.45) is 5.04. The highest BCUT2D eigenvalue weighted by atomic mass is 16.5. The van der Waals surface area contributed by atoms with Crippen LogP contribution < -0.4 is 4.74 Å². The normalized spacial score (nSPS) is 9.50. The highest BCUT2D eigenvalue weighted by Crippen LogP contribution is 2.20. The fourth-order valence-corrected chi connectivity index (χ4v) is 1.24. The van der Waals surface area contributed by atoms with E-state index in [4.69, 9.17) is 21.0 Å². The zero-order valence-corrected chi connectivity index (χ0v) is 8.90. The number of terminal acetylenes is 1. The number of rotatable bonds is 5. The van der Waals surface area contributed by atoms with Crippen LogP contribution in [0.5, 0.6) is 5.75 Å². The molecule has 0 saturated carbocycles. The molecule has 0 spiro atoms. The Morgan fingerprint density at radius 2 is 2.31 bits per heavy atom. The molecule has 4 nitrogen and oxygen atoms in total. The summed E-state index contributed by atoms with van der Waals surface area (Å²) < 4.78 is 10.2. The number of aromatic carboxylic acids is 1. The van der Waals surface area contributed by atoms with Crippen LogP contribution in [0.1, 0.15) is 15.9 Å². The van der Waals surface area contributed by atoms with E-state index in [-0.39, 0.29) is 18.8 Å². The maximum Gasteiger partial charge on any atom is 0.335 e. The smallest absolute Gasteiger partial charge is 0.335 e. The van der Waals surface area contributed by atoms with Crippen LogP contribution in [0.3, 0.4) is 0 Å². The Morgan fingerprint density at radius 3 is 2.88 bits per heavy atom. The third kappa shape index (κ3) is 3.01. The van der Waals surface area contributed by atoms with E-state index in [2.05, 4.69) is 5.92 Å². The highest BCUT2D eigenvalue weighted by molar-refractivity contribution is 5.88. The van der Waals surface area contributed by atoms with Crippen molar-refractivity contribution in [1.82, 2.24) is 0 Å². The van der Waals surface area contributed by atoms with E-state index >= 15 is 0 Å². The maximum absolute atomic E-state index is 10.8. The molecule has 0 fully saturated rings. The van der Waals surface area contributed by atoms with E-state index in [1.165, 1.54) is 19.2 Å². The fraction of sp³-hybridized carbons (Fsp3) is 0.250. The maximum atomic E-state index is 10.8. The number of carboxylic acids is 1. The molecule has 1 aromatic carbocycles. The van der Waals surface area contributed by atoms with Crippen LogP contribution in [-0.4, -0.2) is 24.8 Å². The molecule has 1 N–H and O–H groups in total. The minimum atomic E-state index is -0.985. The molecule has 0 aromatic heterocycles. The van der Waals surface area contributed by atoms with Gasteiger partial charge in [0.05, 0.1) is 19.3 Å². The van der Waals surface area contributed by atoms with Crippen molar-refractivity contribution >= 4 is 5.97 Å². The average Bonchev–Trinajstić information content (AvgIpc) is 2.29. The lowest BCUT2D eigenvalue weighted by molar-refractivity contribution is 0.0696. The quantitative estimate of drug-likeness (QED) is 0.604. The van der Waals surface area contributed by atoms with Gasteiger partial charge in [-0.2, -0.15) is 0 Å². The molecule has 0 amide bonds. The summed E-state index contributed by atoms with van der Waals surface area (Å²) in [5.74, 6) is 1.93. The van der Waals surface area contributed by atoms with E-state index in [9.17, 15) is 4.79 Å². The van der Waals surface area contributed by atoms with Crippen LogP contribution in [0, 0.1) is 12.3 Å². The Labute approximate surface area is 93.8 Å². The van der Waals surface area contributed by atoms with Gasteiger partial charge in [-0.15, -0.1) is 6.42 Å². The molecule has 0 saturated heterocycles. The number of hydrogen-bond acceptors (Lipinski definition) is 3. The monoisotopic (exact) mass is 220 g/mol. The predicted molar refractivity (Wildman–Crippen MR) is 58.4 cm³/mol. The SMILES string of the molecule is C#CCOCc1cc(C(=O)O)ccc1OC. The molecule has 1 rings (SSSR count). The van der Waals surface area contributed by atoms with E-state index in [1.54, 1.807) is 6.07 Å². The van der Waals surface area contributed by atoms with Gasteiger partial charge in [-0.1, -0.05) is 5.92 Å². The third-order valence-corrected chi connectivity index (χ3v) is 1.97. The predicted octanol–water partition coefficient (Wildman–Crippen LogP) is 1.54. The molecule has 0 heterocycles. The molecule has 0 aliphatic carbocycles. The first-order chi connectivity index (χ1) is 7.69. The third-order valence-electron chi connectivity index (χ3n) is 1.97. The summed E-state index contributed by atoms with van der Waals surface area (Å²) in [6, 6.07) is 4.58. The first kappa shape index (κ1) is 12.1. The van der Waals surface area contributed by atoms with Crippen LogP contribution in [0.2, 0.25) is 0 Å². The van der Waals surface area contributed by atoms with Crippen molar-refractivity contribution < 1.29 is 19.4 Å². The molecule has 0 aliphatic rings. The van der Waals surface area contributed by atoms with Gasteiger partial charge in [0.2, 0.25) is 0 Å². The van der Waals surface area contributed by atoms with Crippen LogP contribution >= 0.6 is 0 Å². The van der Waals surface area contributed by atoms with Gasteiger partial charge < -0.3 is 14.6 Å². The number of methoxy groups -OCH3 is 1. The molecule has 84 valence electrons. The summed E-state index contributed by atoms with van der Waals surface area (Å²) >= 11 is 0. The van der Waals surface area contributed by atoms with Crippen molar-refractivity contribution in [3.05, 3.63) is 29.3 Å². The Balaban J connectivity index is 2.89. The molecule has 0 bridgehead atoms. The minimum absolute atomic E-state index is 0.181. The van der Waals surface area contributed by atoms with Crippen molar-refractivity contribution in [3.63, 3.8) is 0 Å². The lowest BCUT2D eigenvalue weighted by atomic mass is 10.1. The Hall–Kier alpha value is -1.99. The van der Waals surface area contributed by atoms with Gasteiger partial charge in [0.1, 0.15) is 12.4 Å². The second-order valence-corrected chi connectivity index (χ2v) is 3.03. The number of ether oxygens (including phenoxy) is 2. The lowest BCUT2D eigenvalue weighted by Gasteiger charge is -2.08. The van der Waals surface area contributed by atoms with Gasteiger partial charge in [-0.3, -0.25) is 0 Å². The van der Waals surface area contributed by atoms with E-state index in [0.29, 0.717) is 11.3 Å². The largest absolute Gasteiger partial charge is 0.496 e. The van der Waals surface area contributed by atoms with Gasteiger partial charge in [0.25, 0.3) is 0 Å². The van der Waals surface area contributed by atoms with Crippen molar-refractivity contribution in [2.75, 3.05) is 13.7 Å². The molecule has 16 heavy (non-hydrogen) atoms. The molecule has 0 unspecified atom stereocenters. The molecular formula is C12H12O4. The molecular weight excluding hydrogens is 208 g/mol. The van der Waals surface area contributed by atoms with Gasteiger partial charge in [-0.05, 0) is 18.2 Å². The lowest BCUT2D eigenvalue weighted by Crippen LogP contribution is -2.01. The van der Waals surface area contributed by atoms with Crippen molar-refractivity contribution in [1.29, 1.82) is 0 Å². The average molecular weight is 220 g/mol. The summed E-state index contributed by atoms with van der Waals surface area (Å²) in [5, 5.41) is 8.83. The second-order valence-electron chi connectivity index (χ2n) is 3.03. The first-order valence-electron chi connectivity index (χ1n) is 4.60. The van der Waals surface area contributed by atoms with Crippen LogP contribution in [0.15, 0.2) is 18.2 Å². The Kier molecular flexibility index (Phi) is 4.37. The van der Waals surface area contributed by atoms with Crippen molar-refractivity contribution in [2.45, 2.75) is 6.61 Å². The van der Waals surface area contributed by atoms with E-state index in [0.717, 1.165) is 0 Å². The molecule has 0 radical (unpaired) electrons. The summed E-state index contributed by atoms with van der Waals surface area (Å²) in [5.41, 5.74) is 0.859. The zero-order valence-electron chi connectivity index (χ0n) is 8.90. The minimum Gasteiger partial charge on any atom is -0.496 e. The first-order valence-corrected chi connectivity index (χ1v) is 4.60. The Bertz CT molecular complexity index is 418. The topological polar surface area (TPSA) is 55.8 Å². The van der Waals surface area contributed by atoms with Gasteiger partial charge >= 0.3 is 5.97 Å². The number of hydrogen-bond donors (Lipinski definition) is 1. The number of carbonyl (C=O) groups is 1.